The molecule has 0 saturated carbocycles. The highest BCUT2D eigenvalue weighted by molar-refractivity contribution is 5.79. The molecule has 1 saturated heterocycles. The van der Waals surface area contributed by atoms with Crippen LogP contribution in [0, 0.1) is 12.8 Å². The highest BCUT2D eigenvalue weighted by Gasteiger charge is 2.26. The summed E-state index contributed by atoms with van der Waals surface area (Å²) >= 11 is 0. The van der Waals surface area contributed by atoms with Gasteiger partial charge in [0.15, 0.2) is 0 Å². The van der Waals surface area contributed by atoms with Crippen molar-refractivity contribution in [1.82, 2.24) is 10.6 Å². The monoisotopic (exact) mass is 250 g/mol. The van der Waals surface area contributed by atoms with E-state index in [2.05, 4.69) is 17.6 Å². The summed E-state index contributed by atoms with van der Waals surface area (Å²) in [4.78, 5) is 12.2. The van der Waals surface area contributed by atoms with Crippen LogP contribution in [0.5, 0.6) is 0 Å². The van der Waals surface area contributed by atoms with E-state index in [-0.39, 0.29) is 17.9 Å². The van der Waals surface area contributed by atoms with Crippen LogP contribution in [0.15, 0.2) is 16.5 Å². The fraction of sp³-hybridized carbons (Fsp3) is 0.643. The zero-order valence-corrected chi connectivity index (χ0v) is 11.3. The van der Waals surface area contributed by atoms with Crippen LogP contribution in [0.25, 0.3) is 0 Å². The molecule has 0 aliphatic carbocycles. The summed E-state index contributed by atoms with van der Waals surface area (Å²) in [5.41, 5.74) is 0. The molecule has 100 valence electrons. The van der Waals surface area contributed by atoms with Gasteiger partial charge in [0, 0.05) is 12.0 Å². The first-order valence-electron chi connectivity index (χ1n) is 6.66. The van der Waals surface area contributed by atoms with Gasteiger partial charge in [0.25, 0.3) is 0 Å². The fourth-order valence-electron chi connectivity index (χ4n) is 2.46. The minimum absolute atomic E-state index is 0.0589. The lowest BCUT2D eigenvalue weighted by molar-refractivity contribution is -0.126. The van der Waals surface area contributed by atoms with Crippen molar-refractivity contribution < 1.29 is 9.21 Å². The van der Waals surface area contributed by atoms with Crippen LogP contribution in [0.1, 0.15) is 44.3 Å². The van der Waals surface area contributed by atoms with Gasteiger partial charge in [-0.25, -0.2) is 0 Å². The number of furan rings is 1. The molecule has 1 aliphatic rings. The average Bonchev–Trinajstić information content (AvgIpc) is 2.76. The van der Waals surface area contributed by atoms with Gasteiger partial charge in [0.05, 0.1) is 6.04 Å². The quantitative estimate of drug-likeness (QED) is 0.864. The second-order valence-electron chi connectivity index (χ2n) is 5.26. The fourth-order valence-corrected chi connectivity index (χ4v) is 2.46. The predicted octanol–water partition coefficient (Wildman–Crippen LogP) is 2.15. The first-order valence-corrected chi connectivity index (χ1v) is 6.66. The Kier molecular flexibility index (Phi) is 4.07. The lowest BCUT2D eigenvalue weighted by Crippen LogP contribution is -2.42. The summed E-state index contributed by atoms with van der Waals surface area (Å²) in [5, 5.41) is 6.40. The number of carbonyl (C=O) groups excluding carboxylic acids is 1. The molecular weight excluding hydrogens is 228 g/mol. The van der Waals surface area contributed by atoms with E-state index in [1.807, 2.05) is 26.0 Å². The number of rotatable bonds is 3. The smallest absolute Gasteiger partial charge is 0.223 e. The van der Waals surface area contributed by atoms with E-state index < -0.39 is 0 Å². The molecule has 4 nitrogen and oxygen atoms in total. The van der Waals surface area contributed by atoms with Crippen molar-refractivity contribution in [3.05, 3.63) is 23.7 Å². The Labute approximate surface area is 108 Å². The third kappa shape index (κ3) is 3.13. The highest BCUT2D eigenvalue weighted by atomic mass is 16.3. The Balaban J connectivity index is 1.90. The maximum atomic E-state index is 12.2. The standard InChI is InChI=1S/C14H22N2O2/c1-9-8-12(6-7-15-9)14(17)16-11(3)13-5-4-10(2)18-13/h4-5,9,11-12,15H,6-8H2,1-3H3,(H,16,17)/t9-,11?,12-/m0/s1. The summed E-state index contributed by atoms with van der Waals surface area (Å²) in [6.07, 6.45) is 1.83. The van der Waals surface area contributed by atoms with E-state index in [4.69, 9.17) is 4.42 Å². The average molecular weight is 250 g/mol. The third-order valence-electron chi connectivity index (χ3n) is 3.54. The van der Waals surface area contributed by atoms with Crippen molar-refractivity contribution in [3.8, 4) is 0 Å². The van der Waals surface area contributed by atoms with E-state index in [0.29, 0.717) is 6.04 Å². The van der Waals surface area contributed by atoms with Crippen LogP contribution in [0.2, 0.25) is 0 Å². The molecular formula is C14H22N2O2. The van der Waals surface area contributed by atoms with Crippen LogP contribution in [-0.2, 0) is 4.79 Å². The number of aryl methyl sites for hydroxylation is 1. The number of piperidine rings is 1. The van der Waals surface area contributed by atoms with E-state index in [1.54, 1.807) is 0 Å². The third-order valence-corrected chi connectivity index (χ3v) is 3.54. The maximum Gasteiger partial charge on any atom is 0.223 e. The van der Waals surface area contributed by atoms with Gasteiger partial charge in [0.1, 0.15) is 11.5 Å². The van der Waals surface area contributed by atoms with Crippen molar-refractivity contribution in [2.24, 2.45) is 5.92 Å². The van der Waals surface area contributed by atoms with E-state index in [9.17, 15) is 4.79 Å². The van der Waals surface area contributed by atoms with Crippen molar-refractivity contribution in [3.63, 3.8) is 0 Å². The lowest BCUT2D eigenvalue weighted by atomic mass is 9.92. The van der Waals surface area contributed by atoms with E-state index in [1.165, 1.54) is 0 Å². The number of amides is 1. The molecule has 1 aromatic rings. The summed E-state index contributed by atoms with van der Waals surface area (Å²) in [6, 6.07) is 4.21. The molecule has 2 N–H and O–H groups in total. The molecule has 1 aliphatic heterocycles. The van der Waals surface area contributed by atoms with Crippen LogP contribution in [0.3, 0.4) is 0 Å². The second-order valence-corrected chi connectivity index (χ2v) is 5.26. The Morgan fingerprint density at radius 1 is 1.56 bits per heavy atom. The van der Waals surface area contributed by atoms with Gasteiger partial charge >= 0.3 is 0 Å². The molecule has 2 heterocycles. The van der Waals surface area contributed by atoms with E-state index in [0.717, 1.165) is 30.9 Å². The van der Waals surface area contributed by atoms with Crippen molar-refractivity contribution >= 4 is 5.91 Å². The van der Waals surface area contributed by atoms with Crippen LogP contribution >= 0.6 is 0 Å². The highest BCUT2D eigenvalue weighted by Crippen LogP contribution is 2.20. The minimum Gasteiger partial charge on any atom is -0.464 e. The number of nitrogens with one attached hydrogen (secondary N) is 2. The molecule has 1 aromatic heterocycles. The van der Waals surface area contributed by atoms with Gasteiger partial charge < -0.3 is 15.1 Å². The van der Waals surface area contributed by atoms with Crippen molar-refractivity contribution in [1.29, 1.82) is 0 Å². The molecule has 0 bridgehead atoms. The van der Waals surface area contributed by atoms with Crippen LogP contribution in [0.4, 0.5) is 0 Å². The molecule has 0 spiro atoms. The van der Waals surface area contributed by atoms with Crippen LogP contribution < -0.4 is 10.6 Å². The molecule has 1 fully saturated rings. The Hall–Kier alpha value is -1.29. The van der Waals surface area contributed by atoms with Gasteiger partial charge in [-0.1, -0.05) is 0 Å². The lowest BCUT2D eigenvalue weighted by Gasteiger charge is -2.28. The van der Waals surface area contributed by atoms with Gasteiger partial charge in [-0.15, -0.1) is 0 Å². The molecule has 2 rings (SSSR count). The zero-order chi connectivity index (χ0) is 13.1. The summed E-state index contributed by atoms with van der Waals surface area (Å²) in [7, 11) is 0. The van der Waals surface area contributed by atoms with Crippen molar-refractivity contribution in [2.75, 3.05) is 6.54 Å². The van der Waals surface area contributed by atoms with Gasteiger partial charge in [-0.2, -0.15) is 0 Å². The normalized spacial score (nSPS) is 25.7. The molecule has 4 heteroatoms. The number of hydrogen-bond donors (Lipinski definition) is 2. The predicted molar refractivity (Wildman–Crippen MR) is 70.2 cm³/mol. The molecule has 3 atom stereocenters. The summed E-state index contributed by atoms with van der Waals surface area (Å²) < 4.78 is 5.53. The summed E-state index contributed by atoms with van der Waals surface area (Å²) in [5.74, 6) is 1.97. The first-order chi connectivity index (χ1) is 8.56. The second kappa shape index (κ2) is 5.57. The molecule has 1 unspecified atom stereocenters. The van der Waals surface area contributed by atoms with Crippen molar-refractivity contribution in [2.45, 2.75) is 45.7 Å². The largest absolute Gasteiger partial charge is 0.464 e. The topological polar surface area (TPSA) is 54.3 Å². The van der Waals surface area contributed by atoms with Gasteiger partial charge in [-0.05, 0) is 52.3 Å². The Morgan fingerprint density at radius 3 is 2.94 bits per heavy atom. The zero-order valence-electron chi connectivity index (χ0n) is 11.3. The molecule has 0 radical (unpaired) electrons. The number of hydrogen-bond acceptors (Lipinski definition) is 3. The number of carbonyl (C=O) groups is 1. The Bertz CT molecular complexity index is 414. The first kappa shape index (κ1) is 13.1. The summed E-state index contributed by atoms with van der Waals surface area (Å²) in [6.45, 7) is 6.92. The molecule has 0 aromatic carbocycles. The maximum absolute atomic E-state index is 12.2. The van der Waals surface area contributed by atoms with Gasteiger partial charge in [0.2, 0.25) is 5.91 Å². The minimum atomic E-state index is -0.0589. The van der Waals surface area contributed by atoms with Crippen LogP contribution in [-0.4, -0.2) is 18.5 Å². The molecule has 1 amide bonds. The van der Waals surface area contributed by atoms with E-state index >= 15 is 0 Å². The Morgan fingerprint density at radius 2 is 2.33 bits per heavy atom. The molecule has 18 heavy (non-hydrogen) atoms. The van der Waals surface area contributed by atoms with Gasteiger partial charge in [-0.3, -0.25) is 4.79 Å². The SMILES string of the molecule is Cc1ccc(C(C)NC(=O)[C@H]2CCN[C@@H](C)C2)o1.